The van der Waals surface area contributed by atoms with Crippen molar-refractivity contribution in [3.05, 3.63) is 56.3 Å². The van der Waals surface area contributed by atoms with Gasteiger partial charge in [0, 0.05) is 36.7 Å². The molecule has 0 spiro atoms. The molecule has 0 fully saturated rings. The molecule has 1 aromatic heterocycles. The SMILES string of the molecule is COCCNc1ccc(C(=O)NCC(c2cccs2)N(C)C)cc1[N+](=O)[O-]. The van der Waals surface area contributed by atoms with Gasteiger partial charge in [0.1, 0.15) is 5.69 Å². The standard InChI is InChI=1S/C18H24N4O4S/c1-21(2)16(17-5-4-10-27-17)12-20-18(23)13-6-7-14(19-8-9-26-3)15(11-13)22(24)25/h4-7,10-11,16,19H,8-9,12H2,1-3H3,(H,20,23). The van der Waals surface area contributed by atoms with Crippen LogP contribution in [0.4, 0.5) is 11.4 Å². The minimum atomic E-state index is -0.500. The Kier molecular flexibility index (Phi) is 7.71. The van der Waals surface area contributed by atoms with Crippen LogP contribution in [0.25, 0.3) is 0 Å². The van der Waals surface area contributed by atoms with E-state index in [4.69, 9.17) is 4.74 Å². The molecule has 0 radical (unpaired) electrons. The van der Waals surface area contributed by atoms with Crippen molar-refractivity contribution in [1.29, 1.82) is 0 Å². The van der Waals surface area contributed by atoms with Gasteiger partial charge < -0.3 is 20.3 Å². The smallest absolute Gasteiger partial charge is 0.293 e. The summed E-state index contributed by atoms with van der Waals surface area (Å²) in [7, 11) is 5.45. The van der Waals surface area contributed by atoms with Crippen LogP contribution in [0.15, 0.2) is 35.7 Å². The van der Waals surface area contributed by atoms with E-state index in [0.717, 1.165) is 4.88 Å². The van der Waals surface area contributed by atoms with Crippen LogP contribution in [-0.4, -0.2) is 56.6 Å². The highest BCUT2D eigenvalue weighted by atomic mass is 32.1. The molecule has 1 atom stereocenters. The second kappa shape index (κ2) is 10.0. The fourth-order valence-corrected chi connectivity index (χ4v) is 3.49. The molecule has 1 heterocycles. The summed E-state index contributed by atoms with van der Waals surface area (Å²) in [5.74, 6) is -0.343. The minimum Gasteiger partial charge on any atom is -0.383 e. The quantitative estimate of drug-likeness (QED) is 0.367. The first-order valence-electron chi connectivity index (χ1n) is 8.43. The number of hydrogen-bond donors (Lipinski definition) is 2. The Morgan fingerprint density at radius 1 is 1.37 bits per heavy atom. The zero-order valence-electron chi connectivity index (χ0n) is 15.6. The maximum atomic E-state index is 12.5. The maximum Gasteiger partial charge on any atom is 0.293 e. The molecular formula is C18H24N4O4S. The zero-order chi connectivity index (χ0) is 19.8. The highest BCUT2D eigenvalue weighted by Gasteiger charge is 2.20. The van der Waals surface area contributed by atoms with Crippen molar-refractivity contribution in [2.45, 2.75) is 6.04 Å². The number of methoxy groups -OCH3 is 1. The third kappa shape index (κ3) is 5.75. The predicted molar refractivity (Wildman–Crippen MR) is 107 cm³/mol. The van der Waals surface area contributed by atoms with Gasteiger partial charge in [-0.3, -0.25) is 14.9 Å². The Labute approximate surface area is 162 Å². The Balaban J connectivity index is 2.09. The van der Waals surface area contributed by atoms with E-state index in [1.165, 1.54) is 6.07 Å². The van der Waals surface area contributed by atoms with Crippen LogP contribution >= 0.6 is 11.3 Å². The molecule has 0 saturated heterocycles. The van der Waals surface area contributed by atoms with E-state index in [-0.39, 0.29) is 23.2 Å². The van der Waals surface area contributed by atoms with Crippen LogP contribution in [-0.2, 0) is 4.74 Å². The lowest BCUT2D eigenvalue weighted by Gasteiger charge is -2.23. The number of benzene rings is 1. The van der Waals surface area contributed by atoms with Crippen LogP contribution in [0, 0.1) is 10.1 Å². The summed E-state index contributed by atoms with van der Waals surface area (Å²) in [4.78, 5) is 26.5. The molecular weight excluding hydrogens is 368 g/mol. The third-order valence-electron chi connectivity index (χ3n) is 4.03. The Morgan fingerprint density at radius 2 is 2.15 bits per heavy atom. The van der Waals surface area contributed by atoms with E-state index in [1.54, 1.807) is 30.6 Å². The molecule has 2 rings (SSSR count). The van der Waals surface area contributed by atoms with Gasteiger partial charge in [-0.1, -0.05) is 6.07 Å². The van der Waals surface area contributed by atoms with Gasteiger partial charge in [-0.05, 0) is 37.7 Å². The number of nitrogens with one attached hydrogen (secondary N) is 2. The lowest BCUT2D eigenvalue weighted by Crippen LogP contribution is -2.34. The summed E-state index contributed by atoms with van der Waals surface area (Å²) in [6.45, 7) is 1.27. The summed E-state index contributed by atoms with van der Waals surface area (Å²) < 4.78 is 4.93. The number of carbonyl (C=O) groups excluding carboxylic acids is 1. The molecule has 1 aromatic carbocycles. The maximum absolute atomic E-state index is 12.5. The van der Waals surface area contributed by atoms with Crippen molar-refractivity contribution in [2.75, 3.05) is 46.2 Å². The van der Waals surface area contributed by atoms with Gasteiger partial charge in [-0.15, -0.1) is 11.3 Å². The molecule has 146 valence electrons. The average Bonchev–Trinajstić information content (AvgIpc) is 3.16. The highest BCUT2D eigenvalue weighted by Crippen LogP contribution is 2.26. The van der Waals surface area contributed by atoms with Gasteiger partial charge in [-0.25, -0.2) is 0 Å². The Morgan fingerprint density at radius 3 is 2.74 bits per heavy atom. The normalized spacial score (nSPS) is 12.0. The number of anilines is 1. The van der Waals surface area contributed by atoms with E-state index in [9.17, 15) is 14.9 Å². The van der Waals surface area contributed by atoms with Gasteiger partial charge in [0.15, 0.2) is 0 Å². The number of ether oxygens (including phenoxy) is 1. The first-order chi connectivity index (χ1) is 12.9. The van der Waals surface area contributed by atoms with Crippen molar-refractivity contribution >= 4 is 28.6 Å². The molecule has 1 unspecified atom stereocenters. The van der Waals surface area contributed by atoms with Crippen molar-refractivity contribution in [3.63, 3.8) is 0 Å². The topological polar surface area (TPSA) is 96.7 Å². The first kappa shape index (κ1) is 20.8. The third-order valence-corrected chi connectivity index (χ3v) is 5.00. The van der Waals surface area contributed by atoms with Crippen molar-refractivity contribution in [2.24, 2.45) is 0 Å². The number of hydrogen-bond acceptors (Lipinski definition) is 7. The van der Waals surface area contributed by atoms with Crippen LogP contribution in [0.5, 0.6) is 0 Å². The molecule has 8 nitrogen and oxygen atoms in total. The lowest BCUT2D eigenvalue weighted by atomic mass is 10.1. The lowest BCUT2D eigenvalue weighted by molar-refractivity contribution is -0.384. The number of nitro groups is 1. The number of amides is 1. The second-order valence-corrected chi connectivity index (χ2v) is 7.09. The average molecular weight is 392 g/mol. The number of carbonyl (C=O) groups is 1. The van der Waals surface area contributed by atoms with E-state index < -0.39 is 4.92 Å². The summed E-state index contributed by atoms with van der Waals surface area (Å²) >= 11 is 1.62. The molecule has 9 heteroatoms. The van der Waals surface area contributed by atoms with Gasteiger partial charge in [-0.2, -0.15) is 0 Å². The fourth-order valence-electron chi connectivity index (χ4n) is 2.57. The molecule has 27 heavy (non-hydrogen) atoms. The molecule has 2 aromatic rings. The van der Waals surface area contributed by atoms with Crippen molar-refractivity contribution in [3.8, 4) is 0 Å². The molecule has 1 amide bonds. The molecule has 0 aliphatic carbocycles. The Bertz CT molecular complexity index is 765. The Hall–Kier alpha value is -2.49. The van der Waals surface area contributed by atoms with Gasteiger partial charge in [0.25, 0.3) is 11.6 Å². The van der Waals surface area contributed by atoms with Crippen molar-refractivity contribution < 1.29 is 14.5 Å². The molecule has 0 aliphatic heterocycles. The van der Waals surface area contributed by atoms with Gasteiger partial charge >= 0.3 is 0 Å². The number of nitro benzene ring substituents is 1. The molecule has 0 saturated carbocycles. The summed E-state index contributed by atoms with van der Waals surface area (Å²) in [6, 6.07) is 8.45. The second-order valence-electron chi connectivity index (χ2n) is 6.11. The van der Waals surface area contributed by atoms with Crippen LogP contribution in [0.2, 0.25) is 0 Å². The van der Waals surface area contributed by atoms with Gasteiger partial charge in [0.2, 0.25) is 0 Å². The van der Waals surface area contributed by atoms with Gasteiger partial charge in [0.05, 0.1) is 17.6 Å². The number of rotatable bonds is 10. The number of thiophene rings is 1. The highest BCUT2D eigenvalue weighted by molar-refractivity contribution is 7.10. The minimum absolute atomic E-state index is 0.0407. The predicted octanol–water partition coefficient (Wildman–Crippen LogP) is 2.75. The van der Waals surface area contributed by atoms with E-state index in [1.807, 2.05) is 36.5 Å². The molecule has 0 bridgehead atoms. The zero-order valence-corrected chi connectivity index (χ0v) is 16.4. The first-order valence-corrected chi connectivity index (χ1v) is 9.31. The summed E-state index contributed by atoms with van der Waals surface area (Å²) in [5, 5.41) is 19.1. The summed E-state index contributed by atoms with van der Waals surface area (Å²) in [6.07, 6.45) is 0. The van der Waals surface area contributed by atoms with E-state index >= 15 is 0 Å². The molecule has 0 aliphatic rings. The van der Waals surface area contributed by atoms with Crippen LogP contribution in [0.1, 0.15) is 21.3 Å². The number of likely N-dealkylation sites (N-methyl/N-ethyl adjacent to an activating group) is 1. The van der Waals surface area contributed by atoms with Crippen LogP contribution in [0.3, 0.4) is 0 Å². The van der Waals surface area contributed by atoms with Crippen LogP contribution < -0.4 is 10.6 Å². The summed E-state index contributed by atoms with van der Waals surface area (Å²) in [5.41, 5.74) is 0.474. The van der Waals surface area contributed by atoms with Crippen molar-refractivity contribution in [1.82, 2.24) is 10.2 Å². The van der Waals surface area contributed by atoms with E-state index in [2.05, 4.69) is 10.6 Å². The number of nitrogens with zero attached hydrogens (tertiary/aromatic N) is 2. The largest absolute Gasteiger partial charge is 0.383 e. The van der Waals surface area contributed by atoms with E-state index in [0.29, 0.717) is 25.4 Å². The monoisotopic (exact) mass is 392 g/mol. The fraction of sp³-hybridized carbons (Fsp3) is 0.389. The molecule has 2 N–H and O–H groups in total.